The number of nitrogens with zero attached hydrogens (tertiary/aromatic N) is 6. The molecule has 3 aliphatic rings. The lowest BCUT2D eigenvalue weighted by Gasteiger charge is -2.31. The maximum atomic E-state index is 9.45. The molecule has 0 N–H and O–H groups in total. The number of allylic oxidation sites excluding steroid dienone is 1. The predicted molar refractivity (Wildman–Crippen MR) is 104 cm³/mol. The Kier molecular flexibility index (Phi) is 7.77. The summed E-state index contributed by atoms with van der Waals surface area (Å²) in [6.07, 6.45) is 5.08. The Morgan fingerprint density at radius 2 is 1.37 bits per heavy atom. The number of nitriles is 2. The van der Waals surface area contributed by atoms with Crippen molar-refractivity contribution in [3.05, 3.63) is 11.4 Å². The van der Waals surface area contributed by atoms with Crippen LogP contribution in [-0.4, -0.2) is 98.3 Å². The van der Waals surface area contributed by atoms with Gasteiger partial charge in [-0.05, 0) is 38.9 Å². The number of likely N-dealkylation sites (tertiary alicyclic amines) is 1. The normalized spacial score (nSPS) is 21.9. The first kappa shape index (κ1) is 19.9. The molecule has 3 saturated heterocycles. The van der Waals surface area contributed by atoms with Gasteiger partial charge in [0.05, 0.1) is 13.2 Å². The molecule has 0 amide bonds. The van der Waals surface area contributed by atoms with Crippen LogP contribution in [0.15, 0.2) is 11.4 Å². The summed E-state index contributed by atoms with van der Waals surface area (Å²) >= 11 is 0. The third-order valence-electron chi connectivity index (χ3n) is 5.83. The fourth-order valence-corrected chi connectivity index (χ4v) is 4.28. The van der Waals surface area contributed by atoms with Gasteiger partial charge in [0, 0.05) is 45.8 Å². The van der Waals surface area contributed by atoms with Gasteiger partial charge in [-0.25, -0.2) is 0 Å². The summed E-state index contributed by atoms with van der Waals surface area (Å²) in [4.78, 5) is 9.44. The van der Waals surface area contributed by atoms with Gasteiger partial charge in [0.1, 0.15) is 18.0 Å². The topological polar surface area (TPSA) is 69.8 Å². The first-order valence-corrected chi connectivity index (χ1v) is 10.4. The van der Waals surface area contributed by atoms with Gasteiger partial charge in [0.25, 0.3) is 0 Å². The molecule has 0 aliphatic carbocycles. The Hall–Kier alpha value is -1.80. The minimum atomic E-state index is 0.257. The lowest BCUT2D eigenvalue weighted by atomic mass is 10.1. The second-order valence-corrected chi connectivity index (χ2v) is 7.61. The second kappa shape index (κ2) is 10.5. The van der Waals surface area contributed by atoms with E-state index in [1.54, 1.807) is 0 Å². The van der Waals surface area contributed by atoms with Crippen LogP contribution in [0.4, 0.5) is 0 Å². The van der Waals surface area contributed by atoms with Gasteiger partial charge in [-0.2, -0.15) is 10.5 Å². The summed E-state index contributed by atoms with van der Waals surface area (Å²) in [7, 11) is 0. The van der Waals surface area contributed by atoms with Crippen LogP contribution >= 0.6 is 0 Å². The third-order valence-corrected chi connectivity index (χ3v) is 5.83. The molecular weight excluding hydrogens is 340 g/mol. The highest BCUT2D eigenvalue weighted by Gasteiger charge is 2.28. The molecule has 0 atom stereocenters. The van der Waals surface area contributed by atoms with Crippen LogP contribution in [0.2, 0.25) is 0 Å². The first-order chi connectivity index (χ1) is 13.3. The minimum Gasteiger partial charge on any atom is -0.379 e. The summed E-state index contributed by atoms with van der Waals surface area (Å²) in [5.41, 5.74) is 0.257. The average molecular weight is 373 g/mol. The van der Waals surface area contributed by atoms with Crippen LogP contribution in [0.25, 0.3) is 0 Å². The SMILES string of the molecule is N#CC(C#N)=C1N(CCCN2CCCCC2)CCN1CCN1CCOCC1. The molecule has 27 heavy (non-hydrogen) atoms. The highest BCUT2D eigenvalue weighted by molar-refractivity contribution is 5.40. The van der Waals surface area contributed by atoms with E-state index in [0.717, 1.165) is 77.8 Å². The smallest absolute Gasteiger partial charge is 0.169 e. The van der Waals surface area contributed by atoms with Crippen molar-refractivity contribution in [1.29, 1.82) is 10.5 Å². The monoisotopic (exact) mass is 372 g/mol. The predicted octanol–water partition coefficient (Wildman–Crippen LogP) is 1.07. The van der Waals surface area contributed by atoms with Crippen molar-refractivity contribution in [2.75, 3.05) is 78.7 Å². The van der Waals surface area contributed by atoms with Gasteiger partial charge in [0.15, 0.2) is 5.57 Å². The molecule has 0 unspecified atom stereocenters. The molecule has 7 nitrogen and oxygen atoms in total. The Morgan fingerprint density at radius 1 is 0.741 bits per heavy atom. The summed E-state index contributed by atoms with van der Waals surface area (Å²) in [5.74, 6) is 0.854. The lowest BCUT2D eigenvalue weighted by Crippen LogP contribution is -2.41. The lowest BCUT2D eigenvalue weighted by molar-refractivity contribution is 0.0351. The quantitative estimate of drug-likeness (QED) is 0.619. The average Bonchev–Trinajstić information content (AvgIpc) is 3.12. The summed E-state index contributed by atoms with van der Waals surface area (Å²) < 4.78 is 5.41. The maximum Gasteiger partial charge on any atom is 0.169 e. The third kappa shape index (κ3) is 5.59. The van der Waals surface area contributed by atoms with Gasteiger partial charge >= 0.3 is 0 Å². The van der Waals surface area contributed by atoms with E-state index in [2.05, 4.69) is 31.7 Å². The van der Waals surface area contributed by atoms with Gasteiger partial charge in [-0.15, -0.1) is 0 Å². The second-order valence-electron chi connectivity index (χ2n) is 7.61. The van der Waals surface area contributed by atoms with Crippen LogP contribution < -0.4 is 0 Å². The van der Waals surface area contributed by atoms with Gasteiger partial charge in [-0.3, -0.25) is 4.90 Å². The number of piperidine rings is 1. The van der Waals surface area contributed by atoms with E-state index in [1.807, 2.05) is 0 Å². The zero-order chi connectivity index (χ0) is 18.9. The van der Waals surface area contributed by atoms with E-state index in [-0.39, 0.29) is 5.57 Å². The van der Waals surface area contributed by atoms with Crippen molar-refractivity contribution in [3.63, 3.8) is 0 Å². The molecule has 3 rings (SSSR count). The van der Waals surface area contributed by atoms with Crippen molar-refractivity contribution in [3.8, 4) is 12.1 Å². The maximum absolute atomic E-state index is 9.45. The molecule has 0 spiro atoms. The number of ether oxygens (including phenoxy) is 1. The van der Waals surface area contributed by atoms with E-state index in [1.165, 1.54) is 32.4 Å². The van der Waals surface area contributed by atoms with E-state index in [4.69, 9.17) is 4.74 Å². The first-order valence-electron chi connectivity index (χ1n) is 10.4. The standard InChI is InChI=1S/C20H32N6O/c21-17-19(18-22)20-25(8-4-7-23-5-2-1-3-6-23)11-12-26(20)10-9-24-13-15-27-16-14-24/h1-16H2. The molecule has 0 aromatic carbocycles. The van der Waals surface area contributed by atoms with E-state index >= 15 is 0 Å². The molecule has 0 bridgehead atoms. The zero-order valence-corrected chi connectivity index (χ0v) is 16.4. The van der Waals surface area contributed by atoms with Crippen LogP contribution in [0, 0.1) is 22.7 Å². The summed E-state index contributed by atoms with van der Waals surface area (Å²) in [6.45, 7) is 11.6. The van der Waals surface area contributed by atoms with Gasteiger partial charge in [-0.1, -0.05) is 6.42 Å². The van der Waals surface area contributed by atoms with Crippen molar-refractivity contribution < 1.29 is 4.74 Å². The molecule has 148 valence electrons. The number of hydrogen-bond donors (Lipinski definition) is 0. The number of hydrogen-bond acceptors (Lipinski definition) is 7. The zero-order valence-electron chi connectivity index (χ0n) is 16.4. The van der Waals surface area contributed by atoms with E-state index in [0.29, 0.717) is 0 Å². The molecule has 3 aliphatic heterocycles. The van der Waals surface area contributed by atoms with Crippen LogP contribution in [0.1, 0.15) is 25.7 Å². The molecule has 0 saturated carbocycles. The van der Waals surface area contributed by atoms with Crippen molar-refractivity contribution in [1.82, 2.24) is 19.6 Å². The Morgan fingerprint density at radius 3 is 2.04 bits per heavy atom. The Bertz CT molecular complexity index is 564. The van der Waals surface area contributed by atoms with Crippen LogP contribution in [0.3, 0.4) is 0 Å². The molecule has 3 heterocycles. The molecule has 3 fully saturated rings. The van der Waals surface area contributed by atoms with E-state index < -0.39 is 0 Å². The Labute approximate surface area is 163 Å². The number of rotatable bonds is 7. The summed E-state index contributed by atoms with van der Waals surface area (Å²) in [5, 5.41) is 18.9. The largest absolute Gasteiger partial charge is 0.379 e. The molecule has 0 radical (unpaired) electrons. The van der Waals surface area contributed by atoms with E-state index in [9.17, 15) is 10.5 Å². The molecule has 0 aromatic rings. The van der Waals surface area contributed by atoms with Crippen LogP contribution in [-0.2, 0) is 4.74 Å². The van der Waals surface area contributed by atoms with Crippen molar-refractivity contribution >= 4 is 0 Å². The highest BCUT2D eigenvalue weighted by atomic mass is 16.5. The summed E-state index contributed by atoms with van der Waals surface area (Å²) in [6, 6.07) is 4.25. The highest BCUT2D eigenvalue weighted by Crippen LogP contribution is 2.22. The van der Waals surface area contributed by atoms with Crippen molar-refractivity contribution in [2.24, 2.45) is 0 Å². The molecular formula is C20H32N6O. The van der Waals surface area contributed by atoms with Gasteiger partial charge in [0.2, 0.25) is 0 Å². The molecule has 7 heteroatoms. The molecule has 0 aromatic heterocycles. The fourth-order valence-electron chi connectivity index (χ4n) is 4.28. The van der Waals surface area contributed by atoms with Gasteiger partial charge < -0.3 is 19.4 Å². The fraction of sp³-hybridized carbons (Fsp3) is 0.800. The number of morpholine rings is 1. The Balaban J connectivity index is 1.54. The van der Waals surface area contributed by atoms with Crippen molar-refractivity contribution in [2.45, 2.75) is 25.7 Å². The van der Waals surface area contributed by atoms with Crippen LogP contribution in [0.5, 0.6) is 0 Å². The minimum absolute atomic E-state index is 0.257.